The van der Waals surface area contributed by atoms with Gasteiger partial charge >= 0.3 is 5.97 Å². The number of carbonyl (C=O) groups excluding carboxylic acids is 2. The van der Waals surface area contributed by atoms with Crippen LogP contribution < -0.4 is 22.1 Å². The van der Waals surface area contributed by atoms with E-state index in [4.69, 9.17) is 21.3 Å². The zero-order valence-electron chi connectivity index (χ0n) is 22.3. The second-order valence-electron chi connectivity index (χ2n) is 9.91. The maximum Gasteiger partial charge on any atom is 0.329 e. The Morgan fingerprint density at radius 2 is 1.95 bits per heavy atom. The van der Waals surface area contributed by atoms with Gasteiger partial charge in [-0.15, -0.1) is 0 Å². The first kappa shape index (κ1) is 29.7. The maximum atomic E-state index is 12.4. The van der Waals surface area contributed by atoms with Crippen LogP contribution in [0.5, 0.6) is 0 Å². The van der Waals surface area contributed by atoms with Gasteiger partial charge in [0.1, 0.15) is 17.4 Å². The van der Waals surface area contributed by atoms with Gasteiger partial charge < -0.3 is 41.6 Å². The molecule has 0 aliphatic carbocycles. The number of nitrogens with zero attached hydrogens (tertiary/aromatic N) is 1. The highest BCUT2D eigenvalue weighted by atomic mass is 16.4. The van der Waals surface area contributed by atoms with E-state index in [0.29, 0.717) is 56.5 Å². The van der Waals surface area contributed by atoms with Crippen molar-refractivity contribution in [2.75, 3.05) is 19.6 Å². The normalized spacial score (nSPS) is 15.5. The molecule has 0 saturated heterocycles. The molecule has 0 bridgehead atoms. The van der Waals surface area contributed by atoms with E-state index in [2.05, 4.69) is 10.6 Å². The number of aliphatic hydroxyl groups excluding tert-OH is 1. The van der Waals surface area contributed by atoms with Crippen molar-refractivity contribution in [3.8, 4) is 0 Å². The lowest BCUT2D eigenvalue weighted by molar-refractivity contribution is -0.145. The lowest BCUT2D eigenvalue weighted by Gasteiger charge is -2.19. The number of carboxylic acid groups (broad SMARTS) is 1. The summed E-state index contributed by atoms with van der Waals surface area (Å²) in [6.45, 7) is 5.03. The van der Waals surface area contributed by atoms with Gasteiger partial charge in [0.25, 0.3) is 0 Å². The Labute approximate surface area is 226 Å². The molecule has 0 spiro atoms. The van der Waals surface area contributed by atoms with Crippen LogP contribution in [0.1, 0.15) is 55.1 Å². The number of aliphatic carboxylic acids is 1. The van der Waals surface area contributed by atoms with E-state index in [-0.39, 0.29) is 24.0 Å². The number of amides is 2. The first-order valence-corrected chi connectivity index (χ1v) is 13.0. The molecule has 1 aliphatic rings. The average Bonchev–Trinajstić information content (AvgIpc) is 3.49. The van der Waals surface area contributed by atoms with Crippen LogP contribution in [0.25, 0.3) is 11.0 Å². The minimum Gasteiger partial charge on any atom is -0.480 e. The number of para-hydroxylation sites is 1. The van der Waals surface area contributed by atoms with Gasteiger partial charge in [-0.1, -0.05) is 36.3 Å². The van der Waals surface area contributed by atoms with Crippen LogP contribution in [0.3, 0.4) is 0 Å². The minimum absolute atomic E-state index is 0.0148. The fourth-order valence-electron chi connectivity index (χ4n) is 4.61. The van der Waals surface area contributed by atoms with Crippen LogP contribution in [-0.2, 0) is 14.4 Å². The molecule has 9 N–H and O–H groups in total. The molecule has 39 heavy (non-hydrogen) atoms. The van der Waals surface area contributed by atoms with Crippen LogP contribution in [0.2, 0.25) is 0 Å². The summed E-state index contributed by atoms with van der Waals surface area (Å²) in [4.78, 5) is 38.2. The highest BCUT2D eigenvalue weighted by Crippen LogP contribution is 2.32. The molecule has 0 fully saturated rings. The standard InChI is InChI=1S/C27H38N6O6/c1-15-7-6-8-18-16(2)24(39-23(15)18)22(35)21(26(37)38)32-20(34)9-4-3-5-11-31-25(36)19(28)13-17-10-12-33(14-17)27(29)30/h6-8,10,19,21-22,35H,3-5,9,11-14,28H2,1-2H3,(H3,29,30)(H,31,36)(H,32,34)(H,37,38). The summed E-state index contributed by atoms with van der Waals surface area (Å²) in [5.74, 6) is -2.04. The molecular weight excluding hydrogens is 504 g/mol. The molecule has 0 radical (unpaired) electrons. The molecule has 12 nitrogen and oxygen atoms in total. The highest BCUT2D eigenvalue weighted by Gasteiger charge is 2.33. The van der Waals surface area contributed by atoms with Crippen molar-refractivity contribution in [1.29, 1.82) is 5.41 Å². The summed E-state index contributed by atoms with van der Waals surface area (Å²) >= 11 is 0. The Bertz CT molecular complexity index is 1250. The number of guanidine groups is 1. The van der Waals surface area contributed by atoms with Crippen molar-refractivity contribution in [1.82, 2.24) is 15.5 Å². The van der Waals surface area contributed by atoms with E-state index in [9.17, 15) is 24.6 Å². The second kappa shape index (κ2) is 13.3. The van der Waals surface area contributed by atoms with E-state index in [1.807, 2.05) is 31.2 Å². The summed E-state index contributed by atoms with van der Waals surface area (Å²) in [5.41, 5.74) is 14.5. The van der Waals surface area contributed by atoms with Crippen LogP contribution in [0.15, 0.2) is 34.3 Å². The number of aliphatic hydroxyl groups is 1. The molecule has 2 aromatic rings. The molecule has 2 heterocycles. The number of hydrogen-bond acceptors (Lipinski definition) is 7. The largest absolute Gasteiger partial charge is 0.480 e. The van der Waals surface area contributed by atoms with Crippen molar-refractivity contribution in [2.45, 2.75) is 64.1 Å². The number of hydrogen-bond donors (Lipinski definition) is 7. The predicted molar refractivity (Wildman–Crippen MR) is 146 cm³/mol. The number of carboxylic acids is 1. The van der Waals surface area contributed by atoms with Crippen molar-refractivity contribution in [3.05, 3.63) is 46.7 Å². The SMILES string of the molecule is Cc1c(C(O)C(NC(=O)CCCCCNC(=O)C(N)CC2=CCN(C(=N)N)C2)C(=O)O)oc2c(C)cccc12. The Morgan fingerprint density at radius 1 is 1.21 bits per heavy atom. The van der Waals surface area contributed by atoms with E-state index in [1.54, 1.807) is 11.8 Å². The number of carbonyl (C=O) groups is 3. The van der Waals surface area contributed by atoms with Crippen molar-refractivity contribution >= 4 is 34.7 Å². The molecule has 3 unspecified atom stereocenters. The summed E-state index contributed by atoms with van der Waals surface area (Å²) in [6, 6.07) is 3.28. The summed E-state index contributed by atoms with van der Waals surface area (Å²) in [6.07, 6.45) is 2.56. The number of fused-ring (bicyclic) bond motifs is 1. The molecule has 1 aromatic carbocycles. The number of unbranched alkanes of at least 4 members (excludes halogenated alkanes) is 2. The molecule has 1 aromatic heterocycles. The van der Waals surface area contributed by atoms with Crippen molar-refractivity contribution in [2.24, 2.45) is 11.5 Å². The van der Waals surface area contributed by atoms with E-state index in [0.717, 1.165) is 16.5 Å². The predicted octanol–water partition coefficient (Wildman–Crippen LogP) is 1.18. The fourth-order valence-corrected chi connectivity index (χ4v) is 4.61. The quantitative estimate of drug-likeness (QED) is 0.0837. The van der Waals surface area contributed by atoms with Gasteiger partial charge in [-0.25, -0.2) is 4.79 Å². The van der Waals surface area contributed by atoms with Crippen LogP contribution in [0.4, 0.5) is 0 Å². The third kappa shape index (κ3) is 7.58. The van der Waals surface area contributed by atoms with Gasteiger partial charge in [0.15, 0.2) is 12.0 Å². The zero-order chi connectivity index (χ0) is 28.7. The molecule has 12 heteroatoms. The number of benzene rings is 1. The second-order valence-corrected chi connectivity index (χ2v) is 9.91. The zero-order valence-corrected chi connectivity index (χ0v) is 22.3. The summed E-state index contributed by atoms with van der Waals surface area (Å²) in [5, 5.41) is 33.9. The number of aryl methyl sites for hydroxylation is 2. The number of furan rings is 1. The van der Waals surface area contributed by atoms with Crippen molar-refractivity contribution < 1.29 is 29.0 Å². The van der Waals surface area contributed by atoms with Gasteiger partial charge in [-0.05, 0) is 38.7 Å². The Balaban J connectivity index is 1.38. The smallest absolute Gasteiger partial charge is 0.329 e. The molecule has 3 rings (SSSR count). The highest BCUT2D eigenvalue weighted by molar-refractivity contribution is 5.87. The monoisotopic (exact) mass is 542 g/mol. The Hall–Kier alpha value is -3.90. The first-order valence-electron chi connectivity index (χ1n) is 13.0. The Morgan fingerprint density at radius 3 is 2.59 bits per heavy atom. The summed E-state index contributed by atoms with van der Waals surface area (Å²) in [7, 11) is 0. The molecule has 0 saturated carbocycles. The molecule has 3 atom stereocenters. The maximum absolute atomic E-state index is 12.4. The van der Waals surface area contributed by atoms with Crippen molar-refractivity contribution in [3.63, 3.8) is 0 Å². The van der Waals surface area contributed by atoms with E-state index in [1.165, 1.54) is 0 Å². The average molecular weight is 543 g/mol. The lowest BCUT2D eigenvalue weighted by Crippen LogP contribution is -2.45. The third-order valence-corrected chi connectivity index (χ3v) is 6.90. The minimum atomic E-state index is -1.56. The fraction of sp³-hybridized carbons (Fsp3) is 0.481. The topological polar surface area (TPSA) is 208 Å². The van der Waals surface area contributed by atoms with E-state index >= 15 is 0 Å². The van der Waals surface area contributed by atoms with Gasteiger partial charge in [-0.3, -0.25) is 15.0 Å². The van der Waals surface area contributed by atoms with Crippen LogP contribution in [-0.4, -0.2) is 70.6 Å². The summed E-state index contributed by atoms with van der Waals surface area (Å²) < 4.78 is 5.79. The van der Waals surface area contributed by atoms with E-state index < -0.39 is 30.1 Å². The van der Waals surface area contributed by atoms with Crippen LogP contribution in [0, 0.1) is 19.3 Å². The molecule has 1 aliphatic heterocycles. The Kier molecular flexibility index (Phi) is 10.1. The first-order chi connectivity index (χ1) is 18.5. The molecule has 212 valence electrons. The number of nitrogens with two attached hydrogens (primary N) is 2. The van der Waals surface area contributed by atoms with Gasteiger partial charge in [-0.2, -0.15) is 0 Å². The van der Waals surface area contributed by atoms with Gasteiger partial charge in [0.2, 0.25) is 11.8 Å². The molecular formula is C27H38N6O6. The lowest BCUT2D eigenvalue weighted by atomic mass is 10.0. The third-order valence-electron chi connectivity index (χ3n) is 6.90. The molecule has 2 amide bonds. The van der Waals surface area contributed by atoms with Gasteiger partial charge in [0, 0.05) is 37.0 Å². The van der Waals surface area contributed by atoms with Gasteiger partial charge in [0.05, 0.1) is 6.04 Å². The van der Waals surface area contributed by atoms with Crippen LogP contribution >= 0.6 is 0 Å². The number of rotatable bonds is 13. The number of nitrogens with one attached hydrogen (secondary N) is 3.